The van der Waals surface area contributed by atoms with Gasteiger partial charge in [0.05, 0.1) is 0 Å². The molecule has 1 rings (SSSR count). The highest BCUT2D eigenvalue weighted by molar-refractivity contribution is 5.04. The van der Waals surface area contributed by atoms with Crippen molar-refractivity contribution in [3.63, 3.8) is 0 Å². The van der Waals surface area contributed by atoms with Gasteiger partial charge in [0.25, 0.3) is 0 Å². The van der Waals surface area contributed by atoms with E-state index >= 15 is 0 Å². The lowest BCUT2D eigenvalue weighted by Crippen LogP contribution is -3.00. The van der Waals surface area contributed by atoms with E-state index < -0.39 is 0 Å². The standard InChI is InChI=1S/C6H7N.ClH/c1-6-3-2-4-7-5-6;/h2-5H,1H3;1H/p-1. The monoisotopic (exact) mass is 128 g/mol. The highest BCUT2D eigenvalue weighted by Gasteiger charge is 1.73. The summed E-state index contributed by atoms with van der Waals surface area (Å²) in [6.07, 6.45) is 3.60. The topological polar surface area (TPSA) is 12.9 Å². The van der Waals surface area contributed by atoms with Crippen LogP contribution in [0.4, 0.5) is 0 Å². The van der Waals surface area contributed by atoms with Crippen molar-refractivity contribution in [1.82, 2.24) is 4.98 Å². The van der Waals surface area contributed by atoms with Crippen LogP contribution < -0.4 is 12.4 Å². The third kappa shape index (κ3) is 1.94. The summed E-state index contributed by atoms with van der Waals surface area (Å²) in [7, 11) is 0. The second kappa shape index (κ2) is 3.44. The largest absolute Gasteiger partial charge is 1.00 e. The summed E-state index contributed by atoms with van der Waals surface area (Å²) in [5, 5.41) is 0. The number of hydrogen-bond donors (Lipinski definition) is 0. The van der Waals surface area contributed by atoms with Crippen molar-refractivity contribution in [3.8, 4) is 0 Å². The van der Waals surface area contributed by atoms with E-state index in [4.69, 9.17) is 0 Å². The molecule has 0 saturated heterocycles. The molecular formula is C6H7ClN-. The lowest BCUT2D eigenvalue weighted by molar-refractivity contribution is -0.00000157. The zero-order valence-corrected chi connectivity index (χ0v) is 5.39. The Labute approximate surface area is 55.2 Å². The fourth-order valence-electron chi connectivity index (χ4n) is 0.448. The minimum Gasteiger partial charge on any atom is -1.00 e. The molecule has 0 spiro atoms. The fourth-order valence-corrected chi connectivity index (χ4v) is 0.448. The fraction of sp³-hybridized carbons (Fsp3) is 0.167. The van der Waals surface area contributed by atoms with Crippen molar-refractivity contribution in [2.75, 3.05) is 0 Å². The molecule has 1 aromatic rings. The van der Waals surface area contributed by atoms with E-state index in [0.717, 1.165) is 0 Å². The molecule has 1 heterocycles. The van der Waals surface area contributed by atoms with Crippen molar-refractivity contribution in [1.29, 1.82) is 0 Å². The van der Waals surface area contributed by atoms with Gasteiger partial charge < -0.3 is 12.4 Å². The highest BCUT2D eigenvalue weighted by Crippen LogP contribution is 1.88. The summed E-state index contributed by atoms with van der Waals surface area (Å²) in [5.74, 6) is 0. The van der Waals surface area contributed by atoms with Crippen LogP contribution in [0.25, 0.3) is 0 Å². The normalized spacial score (nSPS) is 7.62. The van der Waals surface area contributed by atoms with Crippen LogP contribution in [-0.2, 0) is 0 Å². The van der Waals surface area contributed by atoms with Gasteiger partial charge in [-0.25, -0.2) is 0 Å². The molecule has 0 atom stereocenters. The summed E-state index contributed by atoms with van der Waals surface area (Å²) < 4.78 is 0. The van der Waals surface area contributed by atoms with Gasteiger partial charge >= 0.3 is 0 Å². The second-order valence-electron chi connectivity index (χ2n) is 1.53. The predicted molar refractivity (Wildman–Crippen MR) is 29.0 cm³/mol. The van der Waals surface area contributed by atoms with E-state index in [-0.39, 0.29) is 12.4 Å². The number of hydrogen-bond acceptors (Lipinski definition) is 1. The number of aryl methyl sites for hydroxylation is 1. The molecule has 2 heteroatoms. The van der Waals surface area contributed by atoms with Gasteiger partial charge in [0, 0.05) is 12.4 Å². The van der Waals surface area contributed by atoms with Crippen LogP contribution in [0.2, 0.25) is 0 Å². The van der Waals surface area contributed by atoms with Crippen molar-refractivity contribution >= 4 is 0 Å². The third-order valence-corrected chi connectivity index (χ3v) is 0.809. The van der Waals surface area contributed by atoms with Crippen molar-refractivity contribution in [3.05, 3.63) is 30.1 Å². The van der Waals surface area contributed by atoms with Crippen LogP contribution >= 0.6 is 0 Å². The van der Waals surface area contributed by atoms with Gasteiger partial charge in [0.15, 0.2) is 0 Å². The maximum Gasteiger partial charge on any atom is 0.0297 e. The summed E-state index contributed by atoms with van der Waals surface area (Å²) in [5.41, 5.74) is 1.21. The molecule has 0 fully saturated rings. The molecule has 0 aliphatic rings. The predicted octanol–water partition coefficient (Wildman–Crippen LogP) is -1.61. The minimum absolute atomic E-state index is 0. The van der Waals surface area contributed by atoms with Crippen LogP contribution in [0.15, 0.2) is 24.5 Å². The van der Waals surface area contributed by atoms with Crippen molar-refractivity contribution in [2.45, 2.75) is 6.92 Å². The van der Waals surface area contributed by atoms with Crippen LogP contribution in [-0.4, -0.2) is 4.98 Å². The minimum atomic E-state index is 0. The van der Waals surface area contributed by atoms with Crippen molar-refractivity contribution in [2.24, 2.45) is 0 Å². The van der Waals surface area contributed by atoms with Gasteiger partial charge in [-0.2, -0.15) is 0 Å². The van der Waals surface area contributed by atoms with Crippen molar-refractivity contribution < 1.29 is 12.4 Å². The van der Waals surface area contributed by atoms with E-state index in [9.17, 15) is 0 Å². The number of halogens is 1. The first-order chi connectivity index (χ1) is 3.39. The Morgan fingerprint density at radius 1 is 1.50 bits per heavy atom. The molecule has 44 valence electrons. The quantitative estimate of drug-likeness (QED) is 0.410. The maximum atomic E-state index is 3.88. The van der Waals surface area contributed by atoms with Crippen LogP contribution in [0.1, 0.15) is 5.56 Å². The van der Waals surface area contributed by atoms with Crippen LogP contribution in [0.5, 0.6) is 0 Å². The van der Waals surface area contributed by atoms with Gasteiger partial charge in [-0.3, -0.25) is 4.98 Å². The Kier molecular flexibility index (Phi) is 3.20. The molecule has 0 bridgehead atoms. The molecule has 8 heavy (non-hydrogen) atoms. The average molecular weight is 129 g/mol. The lowest BCUT2D eigenvalue weighted by Gasteiger charge is -1.82. The zero-order chi connectivity index (χ0) is 5.11. The Bertz CT molecular complexity index is 138. The molecule has 0 aliphatic heterocycles. The number of rotatable bonds is 0. The second-order valence-corrected chi connectivity index (χ2v) is 1.53. The van der Waals surface area contributed by atoms with Gasteiger partial charge in [-0.1, -0.05) is 6.07 Å². The third-order valence-electron chi connectivity index (χ3n) is 0.809. The molecule has 0 saturated carbocycles. The van der Waals surface area contributed by atoms with Gasteiger partial charge in [-0.15, -0.1) is 0 Å². The first-order valence-corrected chi connectivity index (χ1v) is 2.26. The molecule has 0 N–H and O–H groups in total. The summed E-state index contributed by atoms with van der Waals surface area (Å²) in [6.45, 7) is 2.02. The summed E-state index contributed by atoms with van der Waals surface area (Å²) in [4.78, 5) is 3.88. The van der Waals surface area contributed by atoms with Crippen LogP contribution in [0.3, 0.4) is 0 Å². The molecular weight excluding hydrogens is 122 g/mol. The lowest BCUT2D eigenvalue weighted by atomic mass is 10.3. The number of nitrogens with zero attached hydrogens (tertiary/aromatic N) is 1. The number of pyridine rings is 1. The first-order valence-electron chi connectivity index (χ1n) is 2.26. The van der Waals surface area contributed by atoms with E-state index in [1.807, 2.05) is 25.3 Å². The smallest absolute Gasteiger partial charge is 0.0297 e. The van der Waals surface area contributed by atoms with Gasteiger partial charge in [0.1, 0.15) is 0 Å². The molecule has 0 amide bonds. The summed E-state index contributed by atoms with van der Waals surface area (Å²) in [6, 6.07) is 3.95. The van der Waals surface area contributed by atoms with E-state index in [1.54, 1.807) is 6.20 Å². The van der Waals surface area contributed by atoms with Gasteiger partial charge in [0.2, 0.25) is 0 Å². The first kappa shape index (κ1) is 7.44. The Morgan fingerprint density at radius 3 is 2.50 bits per heavy atom. The summed E-state index contributed by atoms with van der Waals surface area (Å²) >= 11 is 0. The van der Waals surface area contributed by atoms with Gasteiger partial charge in [-0.05, 0) is 18.6 Å². The van der Waals surface area contributed by atoms with Crippen LogP contribution in [0, 0.1) is 6.92 Å². The Morgan fingerprint density at radius 2 is 2.25 bits per heavy atom. The molecule has 0 aromatic carbocycles. The zero-order valence-electron chi connectivity index (χ0n) is 4.63. The van der Waals surface area contributed by atoms with E-state index in [0.29, 0.717) is 0 Å². The SMILES string of the molecule is Cc1cccnc1.[Cl-]. The van der Waals surface area contributed by atoms with E-state index in [1.165, 1.54) is 5.56 Å². The highest BCUT2D eigenvalue weighted by atomic mass is 35.5. The number of aromatic nitrogens is 1. The molecule has 0 aliphatic carbocycles. The molecule has 1 aromatic heterocycles. The maximum absolute atomic E-state index is 3.88. The molecule has 1 nitrogen and oxygen atoms in total. The van der Waals surface area contributed by atoms with E-state index in [2.05, 4.69) is 4.98 Å². The Balaban J connectivity index is 0.000000490. The Hall–Kier alpha value is -0.560. The average Bonchev–Trinajstić information content (AvgIpc) is 1.69. The molecule has 0 unspecified atom stereocenters. The molecule has 0 radical (unpaired) electrons.